The molecule has 5 N–H and O–H groups in total. The highest BCUT2D eigenvalue weighted by atomic mass is 17.1. The Bertz CT molecular complexity index is 196. The van der Waals surface area contributed by atoms with Gasteiger partial charge in [0.15, 0.2) is 0 Å². The standard InChI is InChI=1S/C7H14O7/c1-7(14-12)6(11)5(10)4(9)3(2-8)13-7/h3-6,8-12H,2H2,1H3/t3-,4+,5+,6-,7-/m1/s1. The average molecular weight is 210 g/mol. The molecule has 7 heteroatoms. The van der Waals surface area contributed by atoms with Crippen LogP contribution in [0.4, 0.5) is 0 Å². The normalized spacial score (nSPS) is 49.3. The maximum atomic E-state index is 9.38. The molecule has 1 aliphatic heterocycles. The highest BCUT2D eigenvalue weighted by molar-refractivity contribution is 4.94. The van der Waals surface area contributed by atoms with Crippen molar-refractivity contribution in [2.75, 3.05) is 6.61 Å². The number of aliphatic hydroxyl groups is 4. The van der Waals surface area contributed by atoms with E-state index in [4.69, 9.17) is 15.1 Å². The fourth-order valence-electron chi connectivity index (χ4n) is 1.38. The van der Waals surface area contributed by atoms with E-state index in [0.717, 1.165) is 0 Å². The van der Waals surface area contributed by atoms with Gasteiger partial charge in [0, 0.05) is 0 Å². The summed E-state index contributed by atoms with van der Waals surface area (Å²) in [6.07, 6.45) is -5.72. The van der Waals surface area contributed by atoms with E-state index in [2.05, 4.69) is 4.89 Å². The smallest absolute Gasteiger partial charge is 0.227 e. The van der Waals surface area contributed by atoms with Gasteiger partial charge >= 0.3 is 0 Å². The Morgan fingerprint density at radius 3 is 2.29 bits per heavy atom. The molecule has 1 rings (SSSR count). The molecule has 0 amide bonds. The van der Waals surface area contributed by atoms with E-state index in [1.807, 2.05) is 0 Å². The van der Waals surface area contributed by atoms with Gasteiger partial charge in [0.05, 0.1) is 6.61 Å². The van der Waals surface area contributed by atoms with Gasteiger partial charge in [0.1, 0.15) is 24.4 Å². The topological polar surface area (TPSA) is 120 Å². The van der Waals surface area contributed by atoms with Crippen molar-refractivity contribution >= 4 is 0 Å². The van der Waals surface area contributed by atoms with Crippen LogP contribution in [0.2, 0.25) is 0 Å². The van der Waals surface area contributed by atoms with E-state index >= 15 is 0 Å². The molecule has 1 heterocycles. The van der Waals surface area contributed by atoms with Gasteiger partial charge in [-0.3, -0.25) is 0 Å². The quantitative estimate of drug-likeness (QED) is 0.256. The van der Waals surface area contributed by atoms with Gasteiger partial charge in [-0.1, -0.05) is 0 Å². The molecule has 5 atom stereocenters. The van der Waals surface area contributed by atoms with Crippen LogP contribution in [-0.4, -0.2) is 62.5 Å². The molecule has 7 nitrogen and oxygen atoms in total. The first-order chi connectivity index (χ1) is 6.46. The minimum Gasteiger partial charge on any atom is -0.394 e. The van der Waals surface area contributed by atoms with E-state index < -0.39 is 36.8 Å². The molecule has 0 aliphatic carbocycles. The molecule has 0 saturated carbocycles. The second-order valence-electron chi connectivity index (χ2n) is 3.37. The summed E-state index contributed by atoms with van der Waals surface area (Å²) < 4.78 is 4.88. The zero-order valence-corrected chi connectivity index (χ0v) is 7.57. The Hall–Kier alpha value is -0.280. The predicted molar refractivity (Wildman–Crippen MR) is 42.1 cm³/mol. The molecule has 1 fully saturated rings. The maximum Gasteiger partial charge on any atom is 0.227 e. The van der Waals surface area contributed by atoms with Crippen molar-refractivity contribution in [3.05, 3.63) is 0 Å². The van der Waals surface area contributed by atoms with Crippen molar-refractivity contribution in [1.29, 1.82) is 0 Å². The zero-order chi connectivity index (χ0) is 10.9. The fraction of sp³-hybridized carbons (Fsp3) is 1.00. The van der Waals surface area contributed by atoms with Gasteiger partial charge < -0.3 is 25.2 Å². The predicted octanol–water partition coefficient (Wildman–Crippen LogP) is -2.33. The van der Waals surface area contributed by atoms with E-state index in [1.54, 1.807) is 0 Å². The third-order valence-corrected chi connectivity index (χ3v) is 2.34. The van der Waals surface area contributed by atoms with Crippen molar-refractivity contribution in [2.45, 2.75) is 37.1 Å². The van der Waals surface area contributed by atoms with Gasteiger partial charge in [-0.05, 0) is 6.92 Å². The number of rotatable bonds is 2. The van der Waals surface area contributed by atoms with Crippen LogP contribution < -0.4 is 0 Å². The lowest BCUT2D eigenvalue weighted by atomic mass is 9.94. The van der Waals surface area contributed by atoms with Crippen molar-refractivity contribution in [3.8, 4) is 0 Å². The monoisotopic (exact) mass is 210 g/mol. The Balaban J connectivity index is 2.84. The van der Waals surface area contributed by atoms with Gasteiger partial charge in [-0.2, -0.15) is 0 Å². The minimum absolute atomic E-state index is 0.566. The van der Waals surface area contributed by atoms with Gasteiger partial charge in [-0.15, -0.1) is 0 Å². The SMILES string of the molecule is C[C@]1(OO)O[C@H](CO)[C@H](O)[C@H](O)[C@H]1O. The summed E-state index contributed by atoms with van der Waals surface area (Å²) in [5.41, 5.74) is 0. The first-order valence-corrected chi connectivity index (χ1v) is 4.11. The summed E-state index contributed by atoms with van der Waals surface area (Å²) in [4.78, 5) is 3.89. The lowest BCUT2D eigenvalue weighted by Crippen LogP contribution is -2.64. The Morgan fingerprint density at radius 1 is 1.29 bits per heavy atom. The molecule has 1 saturated heterocycles. The molecule has 0 radical (unpaired) electrons. The van der Waals surface area contributed by atoms with E-state index in [1.165, 1.54) is 6.92 Å². The molecule has 0 aromatic rings. The summed E-state index contributed by atoms with van der Waals surface area (Å²) in [6, 6.07) is 0. The van der Waals surface area contributed by atoms with E-state index in [9.17, 15) is 15.3 Å². The molecule has 0 aromatic heterocycles. The van der Waals surface area contributed by atoms with Crippen LogP contribution in [0.25, 0.3) is 0 Å². The van der Waals surface area contributed by atoms with Crippen molar-refractivity contribution in [3.63, 3.8) is 0 Å². The molecule has 0 spiro atoms. The highest BCUT2D eigenvalue weighted by Crippen LogP contribution is 2.29. The van der Waals surface area contributed by atoms with E-state index in [-0.39, 0.29) is 0 Å². The lowest BCUT2D eigenvalue weighted by molar-refractivity contribution is -0.455. The van der Waals surface area contributed by atoms with Crippen molar-refractivity contribution < 1.29 is 35.3 Å². The summed E-state index contributed by atoms with van der Waals surface area (Å²) in [5, 5.41) is 45.3. The largest absolute Gasteiger partial charge is 0.394 e. The molecule has 1 aliphatic rings. The molecule has 14 heavy (non-hydrogen) atoms. The molecular weight excluding hydrogens is 196 g/mol. The summed E-state index contributed by atoms with van der Waals surface area (Å²) in [7, 11) is 0. The summed E-state index contributed by atoms with van der Waals surface area (Å²) in [5.74, 6) is -1.86. The van der Waals surface area contributed by atoms with Crippen LogP contribution in [0.3, 0.4) is 0 Å². The second kappa shape index (κ2) is 4.07. The summed E-state index contributed by atoms with van der Waals surface area (Å²) >= 11 is 0. The molecule has 0 bridgehead atoms. The minimum atomic E-state index is -1.86. The summed E-state index contributed by atoms with van der Waals surface area (Å²) in [6.45, 7) is 0.610. The van der Waals surface area contributed by atoms with Crippen LogP contribution in [0, 0.1) is 0 Å². The third-order valence-electron chi connectivity index (χ3n) is 2.34. The van der Waals surface area contributed by atoms with Crippen molar-refractivity contribution in [2.24, 2.45) is 0 Å². The molecule has 84 valence electrons. The van der Waals surface area contributed by atoms with Gasteiger partial charge in [0.25, 0.3) is 0 Å². The van der Waals surface area contributed by atoms with Crippen LogP contribution in [0.15, 0.2) is 0 Å². The maximum absolute atomic E-state index is 9.38. The first-order valence-electron chi connectivity index (χ1n) is 4.11. The fourth-order valence-corrected chi connectivity index (χ4v) is 1.38. The van der Waals surface area contributed by atoms with Gasteiger partial charge in [-0.25, -0.2) is 10.1 Å². The number of ether oxygens (including phenoxy) is 1. The van der Waals surface area contributed by atoms with Crippen LogP contribution in [0.1, 0.15) is 6.92 Å². The Labute approximate surface area is 80.1 Å². The third kappa shape index (κ3) is 1.75. The molecular formula is C7H14O7. The Morgan fingerprint density at radius 2 is 1.86 bits per heavy atom. The Kier molecular flexibility index (Phi) is 3.43. The van der Waals surface area contributed by atoms with Crippen LogP contribution in [-0.2, 0) is 9.62 Å². The van der Waals surface area contributed by atoms with Crippen molar-refractivity contribution in [1.82, 2.24) is 0 Å². The molecule has 0 aromatic carbocycles. The highest BCUT2D eigenvalue weighted by Gasteiger charge is 2.52. The average Bonchev–Trinajstić information content (AvgIpc) is 2.20. The first kappa shape index (κ1) is 11.8. The number of hydrogen-bond donors (Lipinski definition) is 5. The van der Waals surface area contributed by atoms with E-state index in [0.29, 0.717) is 0 Å². The zero-order valence-electron chi connectivity index (χ0n) is 7.57. The van der Waals surface area contributed by atoms with Gasteiger partial charge in [0.2, 0.25) is 5.79 Å². The molecule has 0 unspecified atom stereocenters. The lowest BCUT2D eigenvalue weighted by Gasteiger charge is -2.44. The second-order valence-corrected chi connectivity index (χ2v) is 3.37. The number of hydrogen-bond acceptors (Lipinski definition) is 7. The van der Waals surface area contributed by atoms with Crippen LogP contribution >= 0.6 is 0 Å². The number of aliphatic hydroxyl groups excluding tert-OH is 4. The van der Waals surface area contributed by atoms with Crippen LogP contribution in [0.5, 0.6) is 0 Å².